The minimum Gasteiger partial charge on any atom is -0.504 e. The Morgan fingerprint density at radius 1 is 1.00 bits per heavy atom. The molecule has 0 unspecified atom stereocenters. The molecule has 0 aliphatic rings. The van der Waals surface area contributed by atoms with E-state index in [4.69, 9.17) is 21.3 Å². The van der Waals surface area contributed by atoms with E-state index in [1.165, 1.54) is 30.6 Å². The molecule has 2 rings (SSSR count). The highest BCUT2D eigenvalue weighted by atomic mass is 35.5. The van der Waals surface area contributed by atoms with Gasteiger partial charge in [-0.05, 0) is 6.07 Å². The summed E-state index contributed by atoms with van der Waals surface area (Å²) in [6, 6.07) is 3.61. The number of aromatic amines is 2. The number of aromatic hydroxyl groups is 2. The molecule has 10 nitrogen and oxygen atoms in total. The molecule has 26 heavy (non-hydrogen) atoms. The number of phenols is 2. The van der Waals surface area contributed by atoms with E-state index in [2.05, 4.69) is 15.3 Å². The SMILES string of the molecule is O=c1cc(/C=N/OCCCO/N=C/c2cc(O)c(O)cc2Cl)[nH]c(=O)[nH]1. The minimum absolute atomic E-state index is 0.211. The maximum atomic E-state index is 11.1. The average Bonchev–Trinajstić information content (AvgIpc) is 2.57. The van der Waals surface area contributed by atoms with Gasteiger partial charge in [-0.25, -0.2) is 4.79 Å². The third-order valence-electron chi connectivity index (χ3n) is 2.88. The van der Waals surface area contributed by atoms with E-state index < -0.39 is 11.2 Å². The Kier molecular flexibility index (Phi) is 6.80. The molecule has 0 radical (unpaired) electrons. The predicted molar refractivity (Wildman–Crippen MR) is 94.2 cm³/mol. The molecular weight excluding hydrogens is 368 g/mol. The van der Waals surface area contributed by atoms with Gasteiger partial charge in [-0.1, -0.05) is 21.9 Å². The molecule has 0 saturated heterocycles. The number of benzene rings is 1. The molecule has 0 amide bonds. The first-order valence-corrected chi connectivity index (χ1v) is 7.69. The molecule has 1 aromatic carbocycles. The summed E-state index contributed by atoms with van der Waals surface area (Å²) >= 11 is 5.87. The molecule has 0 spiro atoms. The summed E-state index contributed by atoms with van der Waals surface area (Å²) in [6.45, 7) is 0.454. The summed E-state index contributed by atoms with van der Waals surface area (Å²) in [4.78, 5) is 36.4. The smallest absolute Gasteiger partial charge is 0.326 e. The standard InChI is InChI=1S/C15H15ClN4O6/c16-11-6-13(22)12(21)4-9(11)7-17-25-2-1-3-26-18-8-10-5-14(23)20-15(24)19-10/h4-8,21-22H,1-3H2,(H2,19,20,23,24)/b17-7+,18-8+. The highest BCUT2D eigenvalue weighted by molar-refractivity contribution is 6.33. The van der Waals surface area contributed by atoms with Crippen molar-refractivity contribution in [1.29, 1.82) is 0 Å². The van der Waals surface area contributed by atoms with Crippen molar-refractivity contribution in [2.24, 2.45) is 10.3 Å². The van der Waals surface area contributed by atoms with Crippen LogP contribution in [0.2, 0.25) is 5.02 Å². The quantitative estimate of drug-likeness (QED) is 0.231. The third kappa shape index (κ3) is 5.98. The van der Waals surface area contributed by atoms with E-state index >= 15 is 0 Å². The Balaban J connectivity index is 1.68. The molecule has 1 aromatic heterocycles. The summed E-state index contributed by atoms with van der Waals surface area (Å²) in [6.07, 6.45) is 2.97. The lowest BCUT2D eigenvalue weighted by Gasteiger charge is -2.02. The van der Waals surface area contributed by atoms with E-state index in [1.54, 1.807) is 0 Å². The lowest BCUT2D eigenvalue weighted by molar-refractivity contribution is 0.0914. The minimum atomic E-state index is -0.632. The van der Waals surface area contributed by atoms with Crippen molar-refractivity contribution in [3.63, 3.8) is 0 Å². The zero-order valence-corrected chi connectivity index (χ0v) is 14.1. The monoisotopic (exact) mass is 382 g/mol. The van der Waals surface area contributed by atoms with Gasteiger partial charge >= 0.3 is 5.69 Å². The maximum Gasteiger partial charge on any atom is 0.326 e. The normalized spacial score (nSPS) is 11.3. The van der Waals surface area contributed by atoms with Crippen LogP contribution in [0.1, 0.15) is 17.7 Å². The first-order valence-electron chi connectivity index (χ1n) is 7.31. The second-order valence-electron chi connectivity index (χ2n) is 4.89. The number of halogens is 1. The summed E-state index contributed by atoms with van der Waals surface area (Å²) in [5.41, 5.74) is -0.570. The molecule has 0 bridgehead atoms. The molecule has 0 fully saturated rings. The van der Waals surface area contributed by atoms with Crippen LogP contribution >= 0.6 is 11.6 Å². The summed E-state index contributed by atoms with van der Waals surface area (Å²) < 4.78 is 0. The highest BCUT2D eigenvalue weighted by Gasteiger charge is 2.05. The van der Waals surface area contributed by atoms with Crippen LogP contribution in [-0.2, 0) is 9.68 Å². The molecule has 1 heterocycles. The van der Waals surface area contributed by atoms with Crippen LogP contribution in [0.25, 0.3) is 0 Å². The Hall–Kier alpha value is -3.27. The molecule has 11 heteroatoms. The fraction of sp³-hybridized carbons (Fsp3) is 0.200. The number of aromatic nitrogens is 2. The lowest BCUT2D eigenvalue weighted by Crippen LogP contribution is -2.22. The number of hydrogen-bond donors (Lipinski definition) is 4. The molecule has 2 aromatic rings. The van der Waals surface area contributed by atoms with Crippen molar-refractivity contribution in [2.45, 2.75) is 6.42 Å². The van der Waals surface area contributed by atoms with Gasteiger partial charge in [0, 0.05) is 24.1 Å². The van der Waals surface area contributed by atoms with Crippen LogP contribution in [0.5, 0.6) is 11.5 Å². The molecular formula is C15H15ClN4O6. The molecule has 0 atom stereocenters. The van der Waals surface area contributed by atoms with Crippen LogP contribution in [-0.4, -0.2) is 45.8 Å². The Labute approximate surface area is 151 Å². The molecule has 0 aliphatic heterocycles. The fourth-order valence-electron chi connectivity index (χ4n) is 1.71. The van der Waals surface area contributed by atoms with Crippen molar-refractivity contribution in [2.75, 3.05) is 13.2 Å². The van der Waals surface area contributed by atoms with Crippen LogP contribution < -0.4 is 11.2 Å². The van der Waals surface area contributed by atoms with E-state index in [0.717, 1.165) is 0 Å². The predicted octanol–water partition coefficient (Wildman–Crippen LogP) is 0.919. The number of nitrogens with one attached hydrogen (secondary N) is 2. The second kappa shape index (κ2) is 9.28. The van der Waals surface area contributed by atoms with Crippen molar-refractivity contribution in [1.82, 2.24) is 9.97 Å². The first kappa shape index (κ1) is 19.1. The van der Waals surface area contributed by atoms with Gasteiger partial charge in [-0.15, -0.1) is 0 Å². The van der Waals surface area contributed by atoms with Crippen LogP contribution in [0, 0.1) is 0 Å². The van der Waals surface area contributed by atoms with Crippen molar-refractivity contribution in [3.05, 3.63) is 55.3 Å². The van der Waals surface area contributed by atoms with Gasteiger partial charge in [-0.3, -0.25) is 9.78 Å². The van der Waals surface area contributed by atoms with E-state index in [-0.39, 0.29) is 35.4 Å². The Bertz CT molecular complexity index is 893. The molecule has 0 saturated carbocycles. The van der Waals surface area contributed by atoms with Gasteiger partial charge in [0.2, 0.25) is 0 Å². The zero-order valence-electron chi connectivity index (χ0n) is 13.3. The number of H-pyrrole nitrogens is 2. The van der Waals surface area contributed by atoms with Crippen molar-refractivity contribution >= 4 is 24.0 Å². The number of phenolic OH excluding ortho intramolecular Hbond substituents is 2. The second-order valence-corrected chi connectivity index (χ2v) is 5.30. The molecule has 4 N–H and O–H groups in total. The van der Waals surface area contributed by atoms with Crippen LogP contribution in [0.3, 0.4) is 0 Å². The average molecular weight is 383 g/mol. The number of oxime groups is 2. The summed E-state index contributed by atoms with van der Waals surface area (Å²) in [7, 11) is 0. The molecule has 0 aliphatic carbocycles. The van der Waals surface area contributed by atoms with Crippen LogP contribution in [0.15, 0.2) is 38.1 Å². The van der Waals surface area contributed by atoms with E-state index in [1.807, 2.05) is 4.98 Å². The zero-order chi connectivity index (χ0) is 18.9. The summed E-state index contributed by atoms with van der Waals surface area (Å²) in [5.74, 6) is -0.640. The Morgan fingerprint density at radius 3 is 2.35 bits per heavy atom. The lowest BCUT2D eigenvalue weighted by atomic mass is 10.2. The third-order valence-corrected chi connectivity index (χ3v) is 3.21. The topological polar surface area (TPSA) is 149 Å². The van der Waals surface area contributed by atoms with Gasteiger partial charge in [0.1, 0.15) is 13.2 Å². The van der Waals surface area contributed by atoms with Gasteiger partial charge in [-0.2, -0.15) is 0 Å². The number of rotatable bonds is 8. The maximum absolute atomic E-state index is 11.1. The molecule has 138 valence electrons. The van der Waals surface area contributed by atoms with Crippen LogP contribution in [0.4, 0.5) is 0 Å². The van der Waals surface area contributed by atoms with Gasteiger partial charge < -0.3 is 24.9 Å². The number of nitrogens with zero attached hydrogens (tertiary/aromatic N) is 2. The Morgan fingerprint density at radius 2 is 1.65 bits per heavy atom. The van der Waals surface area contributed by atoms with Gasteiger partial charge in [0.15, 0.2) is 11.5 Å². The fourth-order valence-corrected chi connectivity index (χ4v) is 1.91. The van der Waals surface area contributed by atoms with E-state index in [0.29, 0.717) is 12.0 Å². The van der Waals surface area contributed by atoms with Gasteiger partial charge in [0.25, 0.3) is 5.56 Å². The number of hydrogen-bond acceptors (Lipinski definition) is 8. The van der Waals surface area contributed by atoms with Gasteiger partial charge in [0.05, 0.1) is 23.1 Å². The van der Waals surface area contributed by atoms with Crippen molar-refractivity contribution < 1.29 is 19.9 Å². The van der Waals surface area contributed by atoms with E-state index in [9.17, 15) is 19.8 Å². The first-order chi connectivity index (χ1) is 12.5. The highest BCUT2D eigenvalue weighted by Crippen LogP contribution is 2.30. The largest absolute Gasteiger partial charge is 0.504 e. The summed E-state index contributed by atoms with van der Waals surface area (Å²) in [5, 5.41) is 26.2. The van der Waals surface area contributed by atoms with Crippen molar-refractivity contribution in [3.8, 4) is 11.5 Å².